The lowest BCUT2D eigenvalue weighted by atomic mass is 9.87. The Morgan fingerprint density at radius 1 is 1.26 bits per heavy atom. The van der Waals surface area contributed by atoms with Gasteiger partial charge in [0.05, 0.1) is 12.0 Å². The summed E-state index contributed by atoms with van der Waals surface area (Å²) in [4.78, 5) is 11.9. The fraction of sp³-hybridized carbons (Fsp3) is 0.562. The SMILES string of the molecule is CC(C)(C)c1ccc(CNC(=O)C2(CO)CC2)cc1. The molecule has 0 aromatic heterocycles. The molecule has 1 aromatic rings. The van der Waals surface area contributed by atoms with Gasteiger partial charge in [-0.25, -0.2) is 0 Å². The Morgan fingerprint density at radius 2 is 1.84 bits per heavy atom. The van der Waals surface area contributed by atoms with Crippen molar-refractivity contribution in [2.45, 2.75) is 45.6 Å². The van der Waals surface area contributed by atoms with Crippen molar-refractivity contribution < 1.29 is 9.90 Å². The van der Waals surface area contributed by atoms with Gasteiger partial charge in [0.1, 0.15) is 0 Å². The molecule has 0 unspecified atom stereocenters. The molecule has 3 nitrogen and oxygen atoms in total. The molecule has 0 aliphatic heterocycles. The third-order valence-electron chi connectivity index (χ3n) is 3.91. The summed E-state index contributed by atoms with van der Waals surface area (Å²) in [5.74, 6) is -0.0186. The highest BCUT2D eigenvalue weighted by Crippen LogP contribution is 2.45. The molecule has 0 bridgehead atoms. The van der Waals surface area contributed by atoms with Crippen molar-refractivity contribution in [3.8, 4) is 0 Å². The minimum atomic E-state index is -0.481. The van der Waals surface area contributed by atoms with E-state index in [2.05, 4.69) is 50.4 Å². The molecule has 0 radical (unpaired) electrons. The molecule has 2 N–H and O–H groups in total. The quantitative estimate of drug-likeness (QED) is 0.874. The molecule has 1 aliphatic carbocycles. The Labute approximate surface area is 115 Å². The zero-order valence-corrected chi connectivity index (χ0v) is 12.0. The van der Waals surface area contributed by atoms with E-state index in [1.165, 1.54) is 5.56 Å². The lowest BCUT2D eigenvalue weighted by Gasteiger charge is -2.19. The fourth-order valence-electron chi connectivity index (χ4n) is 2.10. The summed E-state index contributed by atoms with van der Waals surface area (Å²) in [6, 6.07) is 8.33. The van der Waals surface area contributed by atoms with Crippen molar-refractivity contribution >= 4 is 5.91 Å². The summed E-state index contributed by atoms with van der Waals surface area (Å²) in [5, 5.41) is 12.1. The number of aliphatic hydroxyl groups is 1. The number of hydrogen-bond acceptors (Lipinski definition) is 2. The minimum Gasteiger partial charge on any atom is -0.395 e. The fourth-order valence-corrected chi connectivity index (χ4v) is 2.10. The monoisotopic (exact) mass is 261 g/mol. The Bertz CT molecular complexity index is 453. The van der Waals surface area contributed by atoms with Crippen LogP contribution in [0.25, 0.3) is 0 Å². The van der Waals surface area contributed by atoms with E-state index in [-0.39, 0.29) is 17.9 Å². The van der Waals surface area contributed by atoms with Gasteiger partial charge < -0.3 is 10.4 Å². The predicted octanol–water partition coefficient (Wildman–Crippen LogP) is 2.37. The van der Waals surface area contributed by atoms with E-state index in [0.717, 1.165) is 18.4 Å². The van der Waals surface area contributed by atoms with E-state index in [1.54, 1.807) is 0 Å². The van der Waals surface area contributed by atoms with Crippen molar-refractivity contribution in [2.75, 3.05) is 6.61 Å². The summed E-state index contributed by atoms with van der Waals surface area (Å²) in [6.07, 6.45) is 1.61. The van der Waals surface area contributed by atoms with E-state index in [4.69, 9.17) is 0 Å². The van der Waals surface area contributed by atoms with Crippen molar-refractivity contribution in [1.82, 2.24) is 5.32 Å². The molecule has 1 amide bonds. The highest BCUT2D eigenvalue weighted by atomic mass is 16.3. The first-order valence-electron chi connectivity index (χ1n) is 6.86. The van der Waals surface area contributed by atoms with Crippen LogP contribution in [0.1, 0.15) is 44.7 Å². The molecule has 0 saturated heterocycles. The van der Waals surface area contributed by atoms with Gasteiger partial charge in [0.15, 0.2) is 0 Å². The smallest absolute Gasteiger partial charge is 0.228 e. The third-order valence-corrected chi connectivity index (χ3v) is 3.91. The van der Waals surface area contributed by atoms with Gasteiger partial charge in [-0.05, 0) is 29.4 Å². The van der Waals surface area contributed by atoms with Gasteiger partial charge >= 0.3 is 0 Å². The average Bonchev–Trinajstić information content (AvgIpc) is 3.16. The first-order chi connectivity index (χ1) is 8.87. The highest BCUT2D eigenvalue weighted by Gasteiger charge is 2.49. The normalized spacial score (nSPS) is 17.1. The van der Waals surface area contributed by atoms with E-state index in [1.807, 2.05) is 0 Å². The minimum absolute atomic E-state index is 0.0186. The number of aliphatic hydroxyl groups excluding tert-OH is 1. The van der Waals surface area contributed by atoms with Crippen molar-refractivity contribution in [1.29, 1.82) is 0 Å². The molecule has 0 heterocycles. The standard InChI is InChI=1S/C16H23NO2/c1-15(2,3)13-6-4-12(5-7-13)10-17-14(19)16(11-18)8-9-16/h4-7,18H,8-11H2,1-3H3,(H,17,19). The Kier molecular flexibility index (Phi) is 3.68. The van der Waals surface area contributed by atoms with Crippen molar-refractivity contribution in [2.24, 2.45) is 5.41 Å². The number of hydrogen-bond donors (Lipinski definition) is 2. The average molecular weight is 261 g/mol. The maximum Gasteiger partial charge on any atom is 0.228 e. The van der Waals surface area contributed by atoms with Crippen LogP contribution in [0.5, 0.6) is 0 Å². The number of carbonyl (C=O) groups is 1. The molecule has 3 heteroatoms. The summed E-state index contributed by atoms with van der Waals surface area (Å²) in [6.45, 7) is 7.04. The second kappa shape index (κ2) is 4.97. The van der Waals surface area contributed by atoms with Crippen LogP contribution in [0, 0.1) is 5.41 Å². The molecule has 19 heavy (non-hydrogen) atoms. The second-order valence-corrected chi connectivity index (χ2v) is 6.57. The van der Waals surface area contributed by atoms with Crippen LogP contribution in [0.3, 0.4) is 0 Å². The van der Waals surface area contributed by atoms with Crippen LogP contribution in [0.4, 0.5) is 0 Å². The topological polar surface area (TPSA) is 49.3 Å². The van der Waals surface area contributed by atoms with Crippen LogP contribution in [-0.4, -0.2) is 17.6 Å². The van der Waals surface area contributed by atoms with Crippen LogP contribution in [-0.2, 0) is 16.8 Å². The molecule has 1 saturated carbocycles. The second-order valence-electron chi connectivity index (χ2n) is 6.57. The van der Waals surface area contributed by atoms with E-state index < -0.39 is 5.41 Å². The van der Waals surface area contributed by atoms with Crippen LogP contribution < -0.4 is 5.32 Å². The van der Waals surface area contributed by atoms with Crippen LogP contribution in [0.15, 0.2) is 24.3 Å². The van der Waals surface area contributed by atoms with Gasteiger partial charge in [0.25, 0.3) is 0 Å². The Hall–Kier alpha value is -1.35. The molecule has 1 aliphatic rings. The molecule has 2 rings (SSSR count). The number of rotatable bonds is 4. The molecular formula is C16H23NO2. The first-order valence-corrected chi connectivity index (χ1v) is 6.86. The number of benzene rings is 1. The molecule has 1 aromatic carbocycles. The molecule has 104 valence electrons. The summed E-state index contributed by atoms with van der Waals surface area (Å²) >= 11 is 0. The van der Waals surface area contributed by atoms with Gasteiger partial charge in [0.2, 0.25) is 5.91 Å². The number of carbonyl (C=O) groups excluding carboxylic acids is 1. The van der Waals surface area contributed by atoms with Gasteiger partial charge in [-0.2, -0.15) is 0 Å². The van der Waals surface area contributed by atoms with Gasteiger partial charge in [0, 0.05) is 6.54 Å². The van der Waals surface area contributed by atoms with E-state index in [0.29, 0.717) is 6.54 Å². The zero-order chi connectivity index (χ0) is 14.1. The van der Waals surface area contributed by atoms with Gasteiger partial charge in [-0.1, -0.05) is 45.0 Å². The molecular weight excluding hydrogens is 238 g/mol. The lowest BCUT2D eigenvalue weighted by Crippen LogP contribution is -2.33. The molecule has 1 fully saturated rings. The lowest BCUT2D eigenvalue weighted by molar-refractivity contribution is -0.127. The number of amides is 1. The van der Waals surface area contributed by atoms with Crippen molar-refractivity contribution in [3.05, 3.63) is 35.4 Å². The van der Waals surface area contributed by atoms with Gasteiger partial charge in [-0.3, -0.25) is 4.79 Å². The molecule has 0 atom stereocenters. The van der Waals surface area contributed by atoms with E-state index >= 15 is 0 Å². The first kappa shape index (κ1) is 14.1. The Morgan fingerprint density at radius 3 is 2.26 bits per heavy atom. The summed E-state index contributed by atoms with van der Waals surface area (Å²) < 4.78 is 0. The summed E-state index contributed by atoms with van der Waals surface area (Å²) in [5.41, 5.74) is 2.05. The largest absolute Gasteiger partial charge is 0.395 e. The highest BCUT2D eigenvalue weighted by molar-refractivity contribution is 5.85. The predicted molar refractivity (Wildman–Crippen MR) is 75.7 cm³/mol. The number of nitrogens with one attached hydrogen (secondary N) is 1. The van der Waals surface area contributed by atoms with Crippen LogP contribution in [0.2, 0.25) is 0 Å². The van der Waals surface area contributed by atoms with Gasteiger partial charge in [-0.15, -0.1) is 0 Å². The van der Waals surface area contributed by atoms with Crippen LogP contribution >= 0.6 is 0 Å². The maximum atomic E-state index is 11.9. The van der Waals surface area contributed by atoms with E-state index in [9.17, 15) is 9.90 Å². The molecule has 0 spiro atoms. The Balaban J connectivity index is 1.92. The maximum absolute atomic E-state index is 11.9. The summed E-state index contributed by atoms with van der Waals surface area (Å²) in [7, 11) is 0. The van der Waals surface area contributed by atoms with Crippen molar-refractivity contribution in [3.63, 3.8) is 0 Å². The zero-order valence-electron chi connectivity index (χ0n) is 12.0. The third kappa shape index (κ3) is 3.16.